The zero-order chi connectivity index (χ0) is 5.40. The van der Waals surface area contributed by atoms with E-state index in [-0.39, 0.29) is 0 Å². The van der Waals surface area contributed by atoms with Gasteiger partial charge in [0, 0.05) is 0 Å². The van der Waals surface area contributed by atoms with Crippen LogP contribution < -0.4 is 0 Å². The van der Waals surface area contributed by atoms with Gasteiger partial charge in [0.05, 0.1) is 12.7 Å². The molecule has 0 aromatic rings. The first-order valence-electron chi connectivity index (χ1n) is 3.16. The zero-order valence-electron chi connectivity index (χ0n) is 4.80. The summed E-state index contributed by atoms with van der Waals surface area (Å²) in [7, 11) is 0. The Morgan fingerprint density at radius 1 is 1.50 bits per heavy atom. The molecule has 2 fully saturated rings. The topological polar surface area (TPSA) is 12.5 Å². The molecule has 0 radical (unpaired) electrons. The lowest BCUT2D eigenvalue weighted by atomic mass is 10.1. The fraction of sp³-hybridized carbons (Fsp3) is 1.00. The fourth-order valence-electron chi connectivity index (χ4n) is 1.17. The van der Waals surface area contributed by atoms with Crippen LogP contribution >= 0.6 is 11.8 Å². The molecule has 2 saturated heterocycles. The predicted molar refractivity (Wildman–Crippen MR) is 35.2 cm³/mol. The van der Waals surface area contributed by atoms with E-state index in [9.17, 15) is 0 Å². The summed E-state index contributed by atoms with van der Waals surface area (Å²) in [5.41, 5.74) is 0. The van der Waals surface area contributed by atoms with E-state index in [0.29, 0.717) is 6.10 Å². The predicted octanol–water partition coefficient (Wildman–Crippen LogP) is 1.14. The average molecular weight is 130 g/mol. The van der Waals surface area contributed by atoms with Crippen LogP contribution in [-0.2, 0) is 4.74 Å². The minimum Gasteiger partial charge on any atom is -0.373 e. The van der Waals surface area contributed by atoms with Crippen molar-refractivity contribution in [2.45, 2.75) is 12.5 Å². The minimum absolute atomic E-state index is 0.671. The Labute approximate surface area is 53.8 Å². The van der Waals surface area contributed by atoms with Crippen LogP contribution in [0.5, 0.6) is 0 Å². The molecule has 0 aromatic heterocycles. The van der Waals surface area contributed by atoms with Crippen molar-refractivity contribution < 1.29 is 4.74 Å². The van der Waals surface area contributed by atoms with Crippen LogP contribution in [0.4, 0.5) is 0 Å². The number of hydrogen-bond acceptors (Lipinski definition) is 2. The van der Waals surface area contributed by atoms with Crippen LogP contribution in [0.1, 0.15) is 6.42 Å². The Morgan fingerprint density at radius 2 is 2.38 bits per heavy atom. The van der Waals surface area contributed by atoms with Gasteiger partial charge in [0.1, 0.15) is 0 Å². The highest BCUT2D eigenvalue weighted by Crippen LogP contribution is 2.32. The highest BCUT2D eigenvalue weighted by atomic mass is 32.2. The molecule has 2 unspecified atom stereocenters. The van der Waals surface area contributed by atoms with Gasteiger partial charge >= 0.3 is 0 Å². The highest BCUT2D eigenvalue weighted by molar-refractivity contribution is 7.99. The molecule has 0 bridgehead atoms. The molecule has 0 saturated carbocycles. The molecular formula is C6H10OS. The summed E-state index contributed by atoms with van der Waals surface area (Å²) in [5.74, 6) is 3.63. The summed E-state index contributed by atoms with van der Waals surface area (Å²) >= 11 is 2.07. The van der Waals surface area contributed by atoms with Gasteiger partial charge in [0.15, 0.2) is 0 Å². The van der Waals surface area contributed by atoms with Crippen molar-refractivity contribution in [3.63, 3.8) is 0 Å². The maximum atomic E-state index is 5.18. The van der Waals surface area contributed by atoms with Gasteiger partial charge in [-0.1, -0.05) is 0 Å². The van der Waals surface area contributed by atoms with Gasteiger partial charge in [-0.15, -0.1) is 0 Å². The third-order valence-electron chi connectivity index (χ3n) is 1.85. The fourth-order valence-corrected chi connectivity index (χ4v) is 2.49. The molecule has 0 N–H and O–H groups in total. The molecule has 0 spiro atoms. The first-order valence-corrected chi connectivity index (χ1v) is 4.31. The van der Waals surface area contributed by atoms with Gasteiger partial charge in [-0.2, -0.15) is 11.8 Å². The number of epoxide rings is 1. The minimum atomic E-state index is 0.671. The SMILES string of the molecule is C1CC(C2CO2)CS1. The molecule has 0 amide bonds. The van der Waals surface area contributed by atoms with Crippen molar-refractivity contribution >= 4 is 11.8 Å². The Kier molecular flexibility index (Phi) is 1.23. The van der Waals surface area contributed by atoms with Crippen molar-refractivity contribution in [1.29, 1.82) is 0 Å². The molecule has 46 valence electrons. The van der Waals surface area contributed by atoms with Gasteiger partial charge in [-0.3, -0.25) is 0 Å². The monoisotopic (exact) mass is 130 g/mol. The van der Waals surface area contributed by atoms with Crippen molar-refractivity contribution in [1.82, 2.24) is 0 Å². The number of rotatable bonds is 1. The lowest BCUT2D eigenvalue weighted by Crippen LogP contribution is -2.05. The summed E-state index contributed by atoms with van der Waals surface area (Å²) in [6.45, 7) is 1.05. The molecular weight excluding hydrogens is 120 g/mol. The van der Waals surface area contributed by atoms with E-state index in [1.165, 1.54) is 17.9 Å². The van der Waals surface area contributed by atoms with Crippen LogP contribution in [0.2, 0.25) is 0 Å². The van der Waals surface area contributed by atoms with Crippen LogP contribution in [0.15, 0.2) is 0 Å². The summed E-state index contributed by atoms with van der Waals surface area (Å²) < 4.78 is 5.18. The van der Waals surface area contributed by atoms with E-state index >= 15 is 0 Å². The van der Waals surface area contributed by atoms with Crippen LogP contribution in [0, 0.1) is 5.92 Å². The first-order chi connectivity index (χ1) is 3.97. The highest BCUT2D eigenvalue weighted by Gasteiger charge is 2.34. The van der Waals surface area contributed by atoms with Crippen molar-refractivity contribution in [3.05, 3.63) is 0 Å². The van der Waals surface area contributed by atoms with Gasteiger partial charge in [0.25, 0.3) is 0 Å². The van der Waals surface area contributed by atoms with Crippen LogP contribution in [0.25, 0.3) is 0 Å². The quantitative estimate of drug-likeness (QED) is 0.493. The first kappa shape index (κ1) is 5.12. The smallest absolute Gasteiger partial charge is 0.0846 e. The Bertz CT molecular complexity index is 84.5. The molecule has 8 heavy (non-hydrogen) atoms. The van der Waals surface area contributed by atoms with Crippen molar-refractivity contribution in [3.8, 4) is 0 Å². The van der Waals surface area contributed by atoms with E-state index in [4.69, 9.17) is 4.74 Å². The van der Waals surface area contributed by atoms with Gasteiger partial charge in [-0.05, 0) is 23.8 Å². The molecule has 2 heteroatoms. The number of ether oxygens (including phenoxy) is 1. The standard InChI is InChI=1S/C6H10OS/c1-2-8-4-5(1)6-3-7-6/h5-6H,1-4H2. The molecule has 2 aliphatic heterocycles. The third-order valence-corrected chi connectivity index (χ3v) is 3.04. The number of thioether (sulfide) groups is 1. The summed E-state index contributed by atoms with van der Waals surface area (Å²) in [5, 5.41) is 0. The summed E-state index contributed by atoms with van der Waals surface area (Å²) in [6, 6.07) is 0. The average Bonchev–Trinajstić information content (AvgIpc) is 2.49. The van der Waals surface area contributed by atoms with Crippen LogP contribution in [0.3, 0.4) is 0 Å². The summed E-state index contributed by atoms with van der Waals surface area (Å²) in [6.07, 6.45) is 2.07. The maximum absolute atomic E-state index is 5.18. The summed E-state index contributed by atoms with van der Waals surface area (Å²) in [4.78, 5) is 0. The Hall–Kier alpha value is 0.310. The normalized spacial score (nSPS) is 45.0. The van der Waals surface area contributed by atoms with Gasteiger partial charge < -0.3 is 4.74 Å². The molecule has 0 aliphatic carbocycles. The van der Waals surface area contributed by atoms with E-state index in [2.05, 4.69) is 11.8 Å². The molecule has 2 rings (SSSR count). The van der Waals surface area contributed by atoms with E-state index < -0.39 is 0 Å². The molecule has 0 aromatic carbocycles. The van der Waals surface area contributed by atoms with Crippen molar-refractivity contribution in [2.75, 3.05) is 18.1 Å². The van der Waals surface area contributed by atoms with Gasteiger partial charge in [-0.25, -0.2) is 0 Å². The van der Waals surface area contributed by atoms with E-state index in [1.54, 1.807) is 0 Å². The number of hydrogen-bond donors (Lipinski definition) is 0. The van der Waals surface area contributed by atoms with Crippen LogP contribution in [-0.4, -0.2) is 24.2 Å². The van der Waals surface area contributed by atoms with E-state index in [0.717, 1.165) is 12.5 Å². The third kappa shape index (κ3) is 0.869. The zero-order valence-corrected chi connectivity index (χ0v) is 5.62. The Balaban J connectivity index is 1.86. The lowest BCUT2D eigenvalue weighted by Gasteiger charge is -1.98. The second-order valence-electron chi connectivity index (χ2n) is 2.50. The van der Waals surface area contributed by atoms with Gasteiger partial charge in [0.2, 0.25) is 0 Å². The molecule has 2 atom stereocenters. The molecule has 2 heterocycles. The Morgan fingerprint density at radius 3 is 2.88 bits per heavy atom. The maximum Gasteiger partial charge on any atom is 0.0846 e. The second kappa shape index (κ2) is 1.92. The lowest BCUT2D eigenvalue weighted by molar-refractivity contribution is 0.346. The largest absolute Gasteiger partial charge is 0.373 e. The molecule has 1 nitrogen and oxygen atoms in total. The van der Waals surface area contributed by atoms with E-state index in [1.807, 2.05) is 0 Å². The van der Waals surface area contributed by atoms with Crippen molar-refractivity contribution in [2.24, 2.45) is 5.92 Å². The molecule has 2 aliphatic rings. The second-order valence-corrected chi connectivity index (χ2v) is 3.65.